The molecule has 2 aromatic heterocycles. The summed E-state index contributed by atoms with van der Waals surface area (Å²) in [6.07, 6.45) is 2.19. The van der Waals surface area contributed by atoms with Crippen LogP contribution in [-0.4, -0.2) is 45.5 Å². The van der Waals surface area contributed by atoms with Gasteiger partial charge in [-0.15, -0.1) is 0 Å². The lowest BCUT2D eigenvalue weighted by atomic mass is 10.1. The molecule has 0 saturated heterocycles. The summed E-state index contributed by atoms with van der Waals surface area (Å²) >= 11 is 0. The Balaban J connectivity index is 1.31. The second kappa shape index (κ2) is 12.2. The van der Waals surface area contributed by atoms with Gasteiger partial charge in [-0.05, 0) is 55.7 Å². The van der Waals surface area contributed by atoms with Gasteiger partial charge >= 0.3 is 0 Å². The molecule has 11 heteroatoms. The van der Waals surface area contributed by atoms with Gasteiger partial charge in [0, 0.05) is 48.4 Å². The highest BCUT2D eigenvalue weighted by molar-refractivity contribution is 5.96. The Morgan fingerprint density at radius 2 is 1.78 bits per heavy atom. The minimum absolute atomic E-state index is 0.0316. The molecule has 212 valence electrons. The maximum atomic E-state index is 15.2. The van der Waals surface area contributed by atoms with Gasteiger partial charge in [0.05, 0.1) is 6.54 Å². The fourth-order valence-corrected chi connectivity index (χ4v) is 4.38. The zero-order chi connectivity index (χ0) is 28.9. The molecule has 1 aliphatic rings. The number of carbonyl (C=O) groups is 2. The van der Waals surface area contributed by atoms with Crippen molar-refractivity contribution in [2.75, 3.05) is 24.2 Å². The zero-order valence-corrected chi connectivity index (χ0v) is 22.7. The Bertz CT molecular complexity index is 1520. The first-order chi connectivity index (χ1) is 19.8. The van der Waals surface area contributed by atoms with Crippen molar-refractivity contribution >= 4 is 29.3 Å². The van der Waals surface area contributed by atoms with E-state index in [1.807, 2.05) is 13.0 Å². The molecule has 9 nitrogen and oxygen atoms in total. The van der Waals surface area contributed by atoms with Crippen LogP contribution < -0.4 is 16.0 Å². The molecule has 41 heavy (non-hydrogen) atoms. The minimum atomic E-state index is -0.624. The van der Waals surface area contributed by atoms with Gasteiger partial charge in [-0.2, -0.15) is 5.10 Å². The highest BCUT2D eigenvalue weighted by Gasteiger charge is 2.26. The predicted octanol–water partition coefficient (Wildman–Crippen LogP) is 5.27. The molecular formula is C30H31F2N7O2. The van der Waals surface area contributed by atoms with Crippen molar-refractivity contribution in [1.82, 2.24) is 25.4 Å². The Labute approximate surface area is 236 Å². The van der Waals surface area contributed by atoms with Gasteiger partial charge in [0.15, 0.2) is 17.5 Å². The van der Waals surface area contributed by atoms with Crippen molar-refractivity contribution in [2.45, 2.75) is 38.3 Å². The van der Waals surface area contributed by atoms with Crippen molar-refractivity contribution in [3.63, 3.8) is 0 Å². The predicted molar refractivity (Wildman–Crippen MR) is 152 cm³/mol. The number of nitrogens with one attached hydrogen (secondary N) is 4. The summed E-state index contributed by atoms with van der Waals surface area (Å²) in [5.74, 6) is -0.476. The van der Waals surface area contributed by atoms with Gasteiger partial charge in [-0.3, -0.25) is 14.7 Å². The molecule has 0 spiro atoms. The van der Waals surface area contributed by atoms with Gasteiger partial charge in [0.2, 0.25) is 5.91 Å². The second-order valence-corrected chi connectivity index (χ2v) is 10.2. The van der Waals surface area contributed by atoms with Gasteiger partial charge in [0.1, 0.15) is 11.6 Å². The van der Waals surface area contributed by atoms with Crippen molar-refractivity contribution < 1.29 is 18.4 Å². The Kier molecular flexibility index (Phi) is 8.23. The van der Waals surface area contributed by atoms with Crippen LogP contribution in [-0.2, 0) is 11.3 Å². The normalized spacial score (nSPS) is 13.4. The molecule has 0 unspecified atom stereocenters. The molecule has 1 atom stereocenters. The molecule has 0 radical (unpaired) electrons. The molecule has 2 amide bonds. The van der Waals surface area contributed by atoms with Gasteiger partial charge in [0.25, 0.3) is 5.91 Å². The number of aromatic amines is 1. The first-order valence-corrected chi connectivity index (χ1v) is 13.4. The van der Waals surface area contributed by atoms with Crippen molar-refractivity contribution in [2.24, 2.45) is 0 Å². The van der Waals surface area contributed by atoms with Crippen LogP contribution in [0, 0.1) is 11.6 Å². The molecule has 1 saturated carbocycles. The Hall–Kier alpha value is -4.80. The smallest absolute Gasteiger partial charge is 0.254 e. The lowest BCUT2D eigenvalue weighted by Crippen LogP contribution is -2.38. The fraction of sp³-hybridized carbons (Fsp3) is 0.267. The molecule has 2 aromatic carbocycles. The third-order valence-corrected chi connectivity index (χ3v) is 6.86. The average Bonchev–Trinajstić information content (AvgIpc) is 3.72. The van der Waals surface area contributed by atoms with Crippen molar-refractivity contribution in [1.29, 1.82) is 0 Å². The molecule has 1 aliphatic carbocycles. The molecule has 0 aliphatic heterocycles. The molecule has 0 bridgehead atoms. The van der Waals surface area contributed by atoms with E-state index in [2.05, 4.69) is 31.1 Å². The lowest BCUT2D eigenvalue weighted by molar-refractivity contribution is -0.121. The van der Waals surface area contributed by atoms with Crippen LogP contribution in [0.3, 0.4) is 0 Å². The van der Waals surface area contributed by atoms with E-state index in [1.54, 1.807) is 42.5 Å². The van der Waals surface area contributed by atoms with Gasteiger partial charge in [-0.1, -0.05) is 30.3 Å². The van der Waals surface area contributed by atoms with Crippen LogP contribution in [0.4, 0.5) is 26.2 Å². The maximum absolute atomic E-state index is 15.2. The van der Waals surface area contributed by atoms with E-state index in [9.17, 15) is 14.0 Å². The van der Waals surface area contributed by atoms with Gasteiger partial charge < -0.3 is 20.9 Å². The number of hydrogen-bond donors (Lipinski definition) is 4. The van der Waals surface area contributed by atoms with E-state index < -0.39 is 11.7 Å². The first-order valence-electron chi connectivity index (χ1n) is 13.4. The minimum Gasteiger partial charge on any atom is -0.363 e. The number of anilines is 3. The third kappa shape index (κ3) is 7.05. The highest BCUT2D eigenvalue weighted by Crippen LogP contribution is 2.39. The maximum Gasteiger partial charge on any atom is 0.254 e. The summed E-state index contributed by atoms with van der Waals surface area (Å²) in [5, 5.41) is 16.1. The van der Waals surface area contributed by atoms with E-state index in [1.165, 1.54) is 30.1 Å². The second-order valence-electron chi connectivity index (χ2n) is 10.2. The summed E-state index contributed by atoms with van der Waals surface area (Å²) < 4.78 is 28.7. The largest absolute Gasteiger partial charge is 0.363 e. The fourth-order valence-electron chi connectivity index (χ4n) is 4.38. The molecular weight excluding hydrogens is 528 g/mol. The summed E-state index contributed by atoms with van der Waals surface area (Å²) in [6.45, 7) is 1.65. The van der Waals surface area contributed by atoms with E-state index in [0.29, 0.717) is 28.7 Å². The number of H-pyrrole nitrogens is 1. The monoisotopic (exact) mass is 559 g/mol. The van der Waals surface area contributed by atoms with Crippen LogP contribution in [0.5, 0.6) is 0 Å². The number of benzene rings is 2. The summed E-state index contributed by atoms with van der Waals surface area (Å²) in [4.78, 5) is 31.1. The number of carbonyl (C=O) groups excluding carboxylic acids is 2. The molecule has 5 rings (SSSR count). The summed E-state index contributed by atoms with van der Waals surface area (Å²) in [7, 11) is 1.54. The number of aromatic nitrogens is 3. The number of pyridine rings is 1. The SMILES string of the molecule is C[C@H](Nc1nc(Nc2cc(C3CC3)[nH]n2)c(F)cc1CNC(=O)CN(C)C(=O)c1ccccc1)c1ccc(F)cc1. The van der Waals surface area contributed by atoms with Crippen molar-refractivity contribution in [3.05, 3.63) is 101 Å². The summed E-state index contributed by atoms with van der Waals surface area (Å²) in [6, 6.07) is 17.5. The van der Waals surface area contributed by atoms with Crippen LogP contribution in [0.15, 0.2) is 66.7 Å². The average molecular weight is 560 g/mol. The zero-order valence-electron chi connectivity index (χ0n) is 22.7. The standard InChI is InChI=1S/C30H31F2N7O2/c1-18(19-10-12-23(31)13-11-19)34-28-22(16-33-27(40)17-39(2)30(41)21-6-4-3-5-7-21)14-24(32)29(36-28)35-26-15-25(37-38-26)20-8-9-20/h3-7,10-15,18,20H,8-9,16-17H2,1-2H3,(H,33,40)(H3,34,35,36,37,38)/t18-/m0/s1. The quantitative estimate of drug-likeness (QED) is 0.199. The van der Waals surface area contributed by atoms with Crippen LogP contribution in [0.2, 0.25) is 0 Å². The van der Waals surface area contributed by atoms with Crippen molar-refractivity contribution in [3.8, 4) is 0 Å². The first kappa shape index (κ1) is 27.8. The number of amides is 2. The molecule has 2 heterocycles. The number of rotatable bonds is 11. The topological polar surface area (TPSA) is 115 Å². The molecule has 4 aromatic rings. The number of halogens is 2. The Morgan fingerprint density at radius 1 is 1.05 bits per heavy atom. The third-order valence-electron chi connectivity index (χ3n) is 6.86. The van der Waals surface area contributed by atoms with Crippen LogP contribution >= 0.6 is 0 Å². The van der Waals surface area contributed by atoms with Gasteiger partial charge in [-0.25, -0.2) is 13.8 Å². The Morgan fingerprint density at radius 3 is 2.49 bits per heavy atom. The number of nitrogens with zero attached hydrogens (tertiary/aromatic N) is 3. The molecule has 1 fully saturated rings. The molecule has 4 N–H and O–H groups in total. The lowest BCUT2D eigenvalue weighted by Gasteiger charge is -2.20. The van der Waals surface area contributed by atoms with E-state index in [0.717, 1.165) is 24.1 Å². The van der Waals surface area contributed by atoms with Crippen LogP contribution in [0.1, 0.15) is 58.9 Å². The van der Waals surface area contributed by atoms with E-state index >= 15 is 4.39 Å². The van der Waals surface area contributed by atoms with E-state index in [-0.39, 0.29) is 36.7 Å². The van der Waals surface area contributed by atoms with E-state index in [4.69, 9.17) is 0 Å². The number of likely N-dealkylation sites (N-methyl/N-ethyl adjacent to an activating group) is 1. The van der Waals surface area contributed by atoms with Crippen LogP contribution in [0.25, 0.3) is 0 Å². The highest BCUT2D eigenvalue weighted by atomic mass is 19.1. The summed E-state index contributed by atoms with van der Waals surface area (Å²) in [5.41, 5.74) is 2.66. The number of hydrogen-bond acceptors (Lipinski definition) is 6.